The van der Waals surface area contributed by atoms with Gasteiger partial charge in [-0.1, -0.05) is 103 Å². The summed E-state index contributed by atoms with van der Waals surface area (Å²) >= 11 is 1.75. The molecule has 0 aliphatic carbocycles. The molecule has 9 aromatic rings. The maximum absolute atomic E-state index is 6.42. The van der Waals surface area contributed by atoms with Crippen molar-refractivity contribution in [1.82, 2.24) is 9.97 Å². The molecule has 0 bridgehead atoms. The fourth-order valence-corrected chi connectivity index (χ4v) is 7.21. The summed E-state index contributed by atoms with van der Waals surface area (Å²) in [6.45, 7) is 0. The lowest BCUT2D eigenvalue weighted by molar-refractivity contribution is 0.669. The van der Waals surface area contributed by atoms with Gasteiger partial charge >= 0.3 is 0 Å². The van der Waals surface area contributed by atoms with E-state index in [0.717, 1.165) is 65.8 Å². The van der Waals surface area contributed by atoms with E-state index in [1.807, 2.05) is 18.2 Å². The molecule has 196 valence electrons. The highest BCUT2D eigenvalue weighted by Crippen LogP contribution is 2.44. The number of hydrogen-bond donors (Lipinski definition) is 0. The first-order valence-corrected chi connectivity index (χ1v) is 14.8. The lowest BCUT2D eigenvalue weighted by Gasteiger charge is -2.09. The Bertz CT molecular complexity index is 2470. The number of furan rings is 1. The van der Waals surface area contributed by atoms with Gasteiger partial charge in [0.05, 0.1) is 15.9 Å². The number of hydrogen-bond acceptors (Lipinski definition) is 4. The van der Waals surface area contributed by atoms with Crippen LogP contribution in [0.3, 0.4) is 0 Å². The van der Waals surface area contributed by atoms with E-state index in [9.17, 15) is 0 Å². The summed E-state index contributed by atoms with van der Waals surface area (Å²) in [6, 6.07) is 46.6. The first-order valence-electron chi connectivity index (χ1n) is 14.0. The van der Waals surface area contributed by atoms with Gasteiger partial charge in [-0.2, -0.15) is 0 Å². The molecule has 0 aliphatic heterocycles. The van der Waals surface area contributed by atoms with Crippen molar-refractivity contribution < 1.29 is 4.42 Å². The molecule has 6 aromatic carbocycles. The van der Waals surface area contributed by atoms with Gasteiger partial charge in [0.2, 0.25) is 0 Å². The highest BCUT2D eigenvalue weighted by atomic mass is 32.1. The van der Waals surface area contributed by atoms with Crippen LogP contribution >= 0.6 is 11.3 Å². The van der Waals surface area contributed by atoms with E-state index in [1.54, 1.807) is 11.3 Å². The maximum Gasteiger partial charge on any atom is 0.160 e. The van der Waals surface area contributed by atoms with Gasteiger partial charge in [0.15, 0.2) is 5.82 Å². The number of nitrogens with zero attached hydrogens (tertiary/aromatic N) is 2. The largest absolute Gasteiger partial charge is 0.456 e. The van der Waals surface area contributed by atoms with E-state index >= 15 is 0 Å². The van der Waals surface area contributed by atoms with Crippen LogP contribution in [0, 0.1) is 0 Å². The molecule has 0 unspecified atom stereocenters. The van der Waals surface area contributed by atoms with Crippen molar-refractivity contribution in [1.29, 1.82) is 0 Å². The minimum atomic E-state index is 0.725. The molecule has 0 saturated carbocycles. The van der Waals surface area contributed by atoms with E-state index in [1.165, 1.54) is 21.0 Å². The lowest BCUT2D eigenvalue weighted by Crippen LogP contribution is -1.93. The fraction of sp³-hybridized carbons (Fsp3) is 0. The Kier molecular flexibility index (Phi) is 5.07. The van der Waals surface area contributed by atoms with Crippen LogP contribution < -0.4 is 0 Å². The van der Waals surface area contributed by atoms with Crippen molar-refractivity contribution in [2.24, 2.45) is 0 Å². The van der Waals surface area contributed by atoms with Crippen molar-refractivity contribution in [3.63, 3.8) is 0 Å². The number of benzene rings is 6. The summed E-state index contributed by atoms with van der Waals surface area (Å²) in [5, 5.41) is 5.78. The number of thiophene rings is 1. The van der Waals surface area contributed by atoms with Crippen LogP contribution in [0.4, 0.5) is 0 Å². The lowest BCUT2D eigenvalue weighted by atomic mass is 9.98. The highest BCUT2D eigenvalue weighted by molar-refractivity contribution is 7.26. The van der Waals surface area contributed by atoms with Gasteiger partial charge in [-0.3, -0.25) is 0 Å². The fourth-order valence-electron chi connectivity index (χ4n) is 6.06. The topological polar surface area (TPSA) is 38.9 Å². The summed E-state index contributed by atoms with van der Waals surface area (Å²) in [5.74, 6) is 0.725. The molecule has 3 aromatic heterocycles. The molecule has 0 saturated heterocycles. The first kappa shape index (κ1) is 23.4. The van der Waals surface area contributed by atoms with Crippen molar-refractivity contribution in [2.75, 3.05) is 0 Å². The Balaban J connectivity index is 1.33. The third-order valence-corrected chi connectivity index (χ3v) is 9.25. The molecule has 4 heteroatoms. The molecule has 0 radical (unpaired) electrons. The molecule has 9 rings (SSSR count). The summed E-state index contributed by atoms with van der Waals surface area (Å²) < 4.78 is 8.71. The zero-order valence-electron chi connectivity index (χ0n) is 22.4. The standard InChI is InChI=1S/C38H22N2OS/c1-2-10-24(11-3-1)38-39-35-28-13-6-7-16-33(28)42-37(35)36(40-38)29-14-8-15-32-34(29)30-22-27(19-20-31(30)41-32)26-18-17-23-9-4-5-12-25(23)21-26/h1-22H. The van der Waals surface area contributed by atoms with Gasteiger partial charge in [-0.05, 0) is 52.2 Å². The summed E-state index contributed by atoms with van der Waals surface area (Å²) in [4.78, 5) is 10.3. The van der Waals surface area contributed by atoms with E-state index in [2.05, 4.69) is 115 Å². The van der Waals surface area contributed by atoms with Gasteiger partial charge < -0.3 is 4.42 Å². The van der Waals surface area contributed by atoms with Crippen LogP contribution in [-0.2, 0) is 0 Å². The quantitative estimate of drug-likeness (QED) is 0.218. The van der Waals surface area contributed by atoms with Crippen molar-refractivity contribution in [3.8, 4) is 33.8 Å². The zero-order valence-corrected chi connectivity index (χ0v) is 23.2. The van der Waals surface area contributed by atoms with Crippen molar-refractivity contribution >= 4 is 64.4 Å². The van der Waals surface area contributed by atoms with E-state index < -0.39 is 0 Å². The van der Waals surface area contributed by atoms with Crippen LogP contribution in [0.2, 0.25) is 0 Å². The molecule has 42 heavy (non-hydrogen) atoms. The SMILES string of the molecule is c1ccc(-c2nc(-c3cccc4oc5ccc(-c6ccc7ccccc7c6)cc5c34)c3sc4ccccc4c3n2)cc1. The second-order valence-electron chi connectivity index (χ2n) is 10.6. The monoisotopic (exact) mass is 554 g/mol. The summed E-state index contributed by atoms with van der Waals surface area (Å²) in [6.07, 6.45) is 0. The molecule has 0 amide bonds. The molecule has 0 N–H and O–H groups in total. The van der Waals surface area contributed by atoms with E-state index in [4.69, 9.17) is 14.4 Å². The molecule has 0 fully saturated rings. The van der Waals surface area contributed by atoms with Gasteiger partial charge in [-0.25, -0.2) is 9.97 Å². The van der Waals surface area contributed by atoms with Gasteiger partial charge in [0, 0.05) is 32.0 Å². The van der Waals surface area contributed by atoms with E-state index in [-0.39, 0.29) is 0 Å². The normalized spacial score (nSPS) is 11.8. The van der Waals surface area contributed by atoms with Gasteiger partial charge in [0.1, 0.15) is 11.2 Å². The van der Waals surface area contributed by atoms with Gasteiger partial charge in [-0.15, -0.1) is 11.3 Å². The Morgan fingerprint density at radius 3 is 2.24 bits per heavy atom. The summed E-state index contributed by atoms with van der Waals surface area (Å²) in [5.41, 5.74) is 8.04. The molecule has 3 heterocycles. The molecule has 0 atom stereocenters. The maximum atomic E-state index is 6.42. The van der Waals surface area contributed by atoms with Crippen LogP contribution in [0.5, 0.6) is 0 Å². The molecule has 3 nitrogen and oxygen atoms in total. The average Bonchev–Trinajstić information content (AvgIpc) is 3.62. The molecular formula is C38H22N2OS. The minimum absolute atomic E-state index is 0.725. The van der Waals surface area contributed by atoms with Crippen LogP contribution in [0.1, 0.15) is 0 Å². The predicted octanol–water partition coefficient (Wildman–Crippen LogP) is 10.9. The predicted molar refractivity (Wildman–Crippen MR) is 176 cm³/mol. The first-order chi connectivity index (χ1) is 20.8. The Hall–Kier alpha value is -5.32. The molecular weight excluding hydrogens is 532 g/mol. The average molecular weight is 555 g/mol. The van der Waals surface area contributed by atoms with Crippen LogP contribution in [-0.4, -0.2) is 9.97 Å². The number of aromatic nitrogens is 2. The third-order valence-electron chi connectivity index (χ3n) is 8.08. The Morgan fingerprint density at radius 1 is 0.524 bits per heavy atom. The second-order valence-corrected chi connectivity index (χ2v) is 11.6. The second kappa shape index (κ2) is 9.10. The number of fused-ring (bicyclic) bond motifs is 7. The Labute approximate surface area is 245 Å². The third kappa shape index (κ3) is 3.59. The van der Waals surface area contributed by atoms with E-state index in [0.29, 0.717) is 0 Å². The minimum Gasteiger partial charge on any atom is -0.456 e. The van der Waals surface area contributed by atoms with Gasteiger partial charge in [0.25, 0.3) is 0 Å². The Morgan fingerprint density at radius 2 is 1.31 bits per heavy atom. The number of rotatable bonds is 3. The summed E-state index contributed by atoms with van der Waals surface area (Å²) in [7, 11) is 0. The van der Waals surface area contributed by atoms with Crippen molar-refractivity contribution in [3.05, 3.63) is 133 Å². The van der Waals surface area contributed by atoms with Crippen molar-refractivity contribution in [2.45, 2.75) is 0 Å². The highest BCUT2D eigenvalue weighted by Gasteiger charge is 2.20. The smallest absolute Gasteiger partial charge is 0.160 e. The van der Waals surface area contributed by atoms with Crippen LogP contribution in [0.25, 0.3) is 86.8 Å². The molecule has 0 aliphatic rings. The molecule has 0 spiro atoms. The zero-order chi connectivity index (χ0) is 27.6. The van der Waals surface area contributed by atoms with Crippen LogP contribution in [0.15, 0.2) is 138 Å².